The van der Waals surface area contributed by atoms with Gasteiger partial charge in [-0.3, -0.25) is 9.59 Å². The standard InChI is InChI=1S/C17H22N2O3S/c1-4-22-16(21)14(15(20)12-8-6-5-7-9-12)13-10-11(2)18-17(23)19(13)3/h5-9,11,13-14H,4,10H2,1-3H3,(H,18,23)/t11-,13+,14+/m0/s1. The Morgan fingerprint density at radius 2 is 2.04 bits per heavy atom. The van der Waals surface area contributed by atoms with Crippen LogP contribution in [0, 0.1) is 5.92 Å². The Balaban J connectivity index is 2.35. The molecule has 0 amide bonds. The van der Waals surface area contributed by atoms with Crippen LogP contribution in [0.2, 0.25) is 0 Å². The van der Waals surface area contributed by atoms with Gasteiger partial charge in [0.1, 0.15) is 5.92 Å². The zero-order valence-electron chi connectivity index (χ0n) is 13.6. The number of hydrogen-bond acceptors (Lipinski definition) is 4. The summed E-state index contributed by atoms with van der Waals surface area (Å²) < 4.78 is 5.17. The third kappa shape index (κ3) is 3.88. The minimum Gasteiger partial charge on any atom is -0.465 e. The molecular weight excluding hydrogens is 312 g/mol. The first-order chi connectivity index (χ1) is 11.0. The second-order valence-corrected chi connectivity index (χ2v) is 6.11. The normalized spacial score (nSPS) is 22.2. The molecule has 1 aliphatic heterocycles. The molecule has 2 rings (SSSR count). The molecule has 3 atom stereocenters. The fourth-order valence-electron chi connectivity index (χ4n) is 2.86. The number of carbonyl (C=O) groups excluding carboxylic acids is 2. The minimum atomic E-state index is -0.884. The van der Waals surface area contributed by atoms with Crippen LogP contribution in [0.1, 0.15) is 30.6 Å². The first-order valence-electron chi connectivity index (χ1n) is 7.75. The minimum absolute atomic E-state index is 0.101. The second-order valence-electron chi connectivity index (χ2n) is 5.72. The molecule has 1 fully saturated rings. The van der Waals surface area contributed by atoms with Gasteiger partial charge < -0.3 is 15.0 Å². The van der Waals surface area contributed by atoms with Crippen molar-refractivity contribution in [1.82, 2.24) is 10.2 Å². The number of nitrogens with zero attached hydrogens (tertiary/aromatic N) is 1. The first-order valence-corrected chi connectivity index (χ1v) is 8.15. The zero-order valence-corrected chi connectivity index (χ0v) is 14.4. The lowest BCUT2D eigenvalue weighted by Gasteiger charge is -2.41. The highest BCUT2D eigenvalue weighted by molar-refractivity contribution is 7.80. The average Bonchev–Trinajstić information content (AvgIpc) is 2.53. The number of carbonyl (C=O) groups is 2. The molecule has 1 aromatic rings. The van der Waals surface area contributed by atoms with E-state index in [1.54, 1.807) is 43.1 Å². The van der Waals surface area contributed by atoms with E-state index in [1.807, 2.05) is 13.0 Å². The van der Waals surface area contributed by atoms with Crippen molar-refractivity contribution in [2.24, 2.45) is 5.92 Å². The van der Waals surface area contributed by atoms with Crippen LogP contribution in [0.3, 0.4) is 0 Å². The summed E-state index contributed by atoms with van der Waals surface area (Å²) in [4.78, 5) is 27.2. The van der Waals surface area contributed by atoms with E-state index in [2.05, 4.69) is 5.32 Å². The highest BCUT2D eigenvalue weighted by Crippen LogP contribution is 2.25. The molecule has 0 unspecified atom stereocenters. The fraction of sp³-hybridized carbons (Fsp3) is 0.471. The Bertz CT molecular complexity index is 591. The summed E-state index contributed by atoms with van der Waals surface area (Å²) in [6.45, 7) is 3.97. The van der Waals surface area contributed by atoms with E-state index >= 15 is 0 Å². The summed E-state index contributed by atoms with van der Waals surface area (Å²) in [6, 6.07) is 8.64. The number of rotatable bonds is 5. The maximum absolute atomic E-state index is 12.9. The van der Waals surface area contributed by atoms with E-state index in [1.165, 1.54) is 0 Å². The maximum atomic E-state index is 12.9. The van der Waals surface area contributed by atoms with Gasteiger partial charge in [0.2, 0.25) is 0 Å². The Morgan fingerprint density at radius 3 is 2.65 bits per heavy atom. The van der Waals surface area contributed by atoms with E-state index in [0.717, 1.165) is 0 Å². The van der Waals surface area contributed by atoms with Crippen LogP contribution < -0.4 is 5.32 Å². The van der Waals surface area contributed by atoms with Gasteiger partial charge in [-0.15, -0.1) is 0 Å². The van der Waals surface area contributed by atoms with Crippen LogP contribution >= 0.6 is 12.2 Å². The van der Waals surface area contributed by atoms with Gasteiger partial charge in [-0.1, -0.05) is 30.3 Å². The van der Waals surface area contributed by atoms with Crippen molar-refractivity contribution in [2.75, 3.05) is 13.7 Å². The van der Waals surface area contributed by atoms with Crippen molar-refractivity contribution in [2.45, 2.75) is 32.4 Å². The van der Waals surface area contributed by atoms with Gasteiger partial charge in [0, 0.05) is 18.7 Å². The predicted octanol–water partition coefficient (Wildman–Crippen LogP) is 2.02. The maximum Gasteiger partial charge on any atom is 0.318 e. The number of nitrogens with one attached hydrogen (secondary N) is 1. The molecule has 0 bridgehead atoms. The molecule has 124 valence electrons. The fourth-order valence-corrected chi connectivity index (χ4v) is 3.19. The summed E-state index contributed by atoms with van der Waals surface area (Å²) in [7, 11) is 1.80. The molecule has 0 spiro atoms. The lowest BCUT2D eigenvalue weighted by molar-refractivity contribution is -0.148. The molecule has 1 aliphatic rings. The molecule has 5 nitrogen and oxygen atoms in total. The van der Waals surface area contributed by atoms with E-state index < -0.39 is 11.9 Å². The van der Waals surface area contributed by atoms with Crippen LogP contribution in [0.5, 0.6) is 0 Å². The van der Waals surface area contributed by atoms with E-state index in [9.17, 15) is 9.59 Å². The molecule has 0 aliphatic carbocycles. The van der Waals surface area contributed by atoms with Crippen molar-refractivity contribution in [3.8, 4) is 0 Å². The quantitative estimate of drug-likeness (QED) is 0.385. The second kappa shape index (κ2) is 7.55. The summed E-state index contributed by atoms with van der Waals surface area (Å²) in [5.41, 5.74) is 0.510. The summed E-state index contributed by atoms with van der Waals surface area (Å²) >= 11 is 5.31. The number of hydrogen-bond donors (Lipinski definition) is 1. The first kappa shape index (κ1) is 17.4. The molecule has 1 N–H and O–H groups in total. The van der Waals surface area contributed by atoms with Crippen molar-refractivity contribution >= 4 is 29.1 Å². The largest absolute Gasteiger partial charge is 0.465 e. The lowest BCUT2D eigenvalue weighted by atomic mass is 9.85. The van der Waals surface area contributed by atoms with Crippen molar-refractivity contribution < 1.29 is 14.3 Å². The summed E-state index contributed by atoms with van der Waals surface area (Å²) in [5, 5.41) is 3.70. The number of esters is 1. The number of benzene rings is 1. The SMILES string of the molecule is CCOC(=O)[C@@H](C(=O)c1ccccc1)[C@H]1C[C@H](C)NC(=S)N1C. The van der Waals surface area contributed by atoms with Gasteiger partial charge >= 0.3 is 5.97 Å². The summed E-state index contributed by atoms with van der Waals surface area (Å²) in [5.74, 6) is -1.60. The van der Waals surface area contributed by atoms with Crippen LogP contribution in [-0.4, -0.2) is 47.5 Å². The zero-order chi connectivity index (χ0) is 17.0. The van der Waals surface area contributed by atoms with Crippen molar-refractivity contribution in [3.05, 3.63) is 35.9 Å². The Morgan fingerprint density at radius 1 is 1.39 bits per heavy atom. The lowest BCUT2D eigenvalue weighted by Crippen LogP contribution is -2.59. The third-order valence-electron chi connectivity index (χ3n) is 4.05. The molecule has 0 aromatic heterocycles. The number of Topliss-reactive ketones (excluding diaryl/α,β-unsaturated/α-hetero) is 1. The highest BCUT2D eigenvalue weighted by Gasteiger charge is 2.42. The van der Waals surface area contributed by atoms with E-state index in [0.29, 0.717) is 17.1 Å². The smallest absolute Gasteiger partial charge is 0.318 e. The molecule has 1 heterocycles. The van der Waals surface area contributed by atoms with Crippen LogP contribution in [0.15, 0.2) is 30.3 Å². The molecule has 1 aromatic carbocycles. The van der Waals surface area contributed by atoms with Crippen molar-refractivity contribution in [1.29, 1.82) is 0 Å². The Hall–Kier alpha value is -1.95. The van der Waals surface area contributed by atoms with Gasteiger partial charge in [0.25, 0.3) is 0 Å². The topological polar surface area (TPSA) is 58.6 Å². The molecule has 1 saturated heterocycles. The summed E-state index contributed by atoms with van der Waals surface area (Å²) in [6.07, 6.45) is 0.638. The van der Waals surface area contributed by atoms with Crippen LogP contribution in [0.25, 0.3) is 0 Å². The van der Waals surface area contributed by atoms with Crippen LogP contribution in [-0.2, 0) is 9.53 Å². The van der Waals surface area contributed by atoms with Crippen LogP contribution in [0.4, 0.5) is 0 Å². The molecule has 0 radical (unpaired) electrons. The van der Waals surface area contributed by atoms with Crippen molar-refractivity contribution in [3.63, 3.8) is 0 Å². The van der Waals surface area contributed by atoms with Gasteiger partial charge in [0.15, 0.2) is 10.9 Å². The van der Waals surface area contributed by atoms with Gasteiger partial charge in [-0.25, -0.2) is 0 Å². The van der Waals surface area contributed by atoms with Gasteiger partial charge in [0.05, 0.1) is 12.6 Å². The van der Waals surface area contributed by atoms with E-state index in [-0.39, 0.29) is 24.5 Å². The molecule has 23 heavy (non-hydrogen) atoms. The number of thiocarbonyl (C=S) groups is 1. The Kier molecular flexibility index (Phi) is 5.71. The average molecular weight is 334 g/mol. The Labute approximate surface area is 142 Å². The van der Waals surface area contributed by atoms with Gasteiger partial charge in [-0.05, 0) is 32.5 Å². The monoisotopic (exact) mass is 334 g/mol. The highest BCUT2D eigenvalue weighted by atomic mass is 32.1. The number of ketones is 1. The van der Waals surface area contributed by atoms with Gasteiger partial charge in [-0.2, -0.15) is 0 Å². The van der Waals surface area contributed by atoms with E-state index in [4.69, 9.17) is 17.0 Å². The molecule has 6 heteroatoms. The molecule has 0 saturated carbocycles. The number of ether oxygens (including phenoxy) is 1. The third-order valence-corrected chi connectivity index (χ3v) is 4.45. The predicted molar refractivity (Wildman–Crippen MR) is 92.3 cm³/mol. The molecular formula is C17H22N2O3S.